The summed E-state index contributed by atoms with van der Waals surface area (Å²) in [5, 5.41) is 4.95. The summed E-state index contributed by atoms with van der Waals surface area (Å²) in [5.41, 5.74) is 2.51. The minimum Gasteiger partial charge on any atom is -0.491 e. The van der Waals surface area contributed by atoms with Crippen molar-refractivity contribution in [2.45, 2.75) is 32.0 Å². The molecule has 1 aliphatic heterocycles. The van der Waals surface area contributed by atoms with Crippen LogP contribution in [0.25, 0.3) is 11.3 Å². The average molecular weight is 524 g/mol. The molecule has 1 fully saturated rings. The van der Waals surface area contributed by atoms with E-state index >= 15 is 0 Å². The molecule has 8 heteroatoms. The van der Waals surface area contributed by atoms with Gasteiger partial charge >= 0.3 is 0 Å². The van der Waals surface area contributed by atoms with Crippen LogP contribution in [0.5, 0.6) is 5.75 Å². The minimum atomic E-state index is -0.277. The Kier molecular flexibility index (Phi) is 6.69. The second kappa shape index (κ2) is 9.90. The van der Waals surface area contributed by atoms with Gasteiger partial charge in [0.25, 0.3) is 0 Å². The first-order valence-corrected chi connectivity index (χ1v) is 12.4. The zero-order chi connectivity index (χ0) is 24.5. The molecular formula is C27H23Cl2N3O2S. The lowest BCUT2D eigenvalue weighted by molar-refractivity contribution is 0.242. The number of furan rings is 1. The first kappa shape index (κ1) is 23.7. The summed E-state index contributed by atoms with van der Waals surface area (Å²) in [6, 6.07) is 22.6. The van der Waals surface area contributed by atoms with Crippen molar-refractivity contribution in [1.82, 2.24) is 10.3 Å². The van der Waals surface area contributed by atoms with Crippen LogP contribution in [-0.4, -0.2) is 16.2 Å². The first-order chi connectivity index (χ1) is 16.9. The van der Waals surface area contributed by atoms with Crippen molar-refractivity contribution in [1.29, 1.82) is 0 Å². The number of halogens is 2. The van der Waals surface area contributed by atoms with Gasteiger partial charge in [0.15, 0.2) is 5.11 Å². The lowest BCUT2D eigenvalue weighted by atomic mass is 10.0. The Morgan fingerprint density at radius 3 is 2.51 bits per heavy atom. The van der Waals surface area contributed by atoms with Crippen LogP contribution in [-0.2, 0) is 0 Å². The van der Waals surface area contributed by atoms with Crippen LogP contribution >= 0.6 is 35.4 Å². The highest BCUT2D eigenvalue weighted by Crippen LogP contribution is 2.44. The van der Waals surface area contributed by atoms with Crippen LogP contribution in [0.4, 0.5) is 5.69 Å². The van der Waals surface area contributed by atoms with E-state index in [4.69, 9.17) is 44.6 Å². The highest BCUT2D eigenvalue weighted by molar-refractivity contribution is 7.80. The summed E-state index contributed by atoms with van der Waals surface area (Å²) < 4.78 is 12.2. The van der Waals surface area contributed by atoms with Crippen molar-refractivity contribution >= 4 is 46.2 Å². The van der Waals surface area contributed by atoms with Gasteiger partial charge in [-0.05, 0) is 86.7 Å². The third-order valence-corrected chi connectivity index (χ3v) is 6.85. The second-order valence-corrected chi connectivity index (χ2v) is 9.63. The Bertz CT molecular complexity index is 1340. The second-order valence-electron chi connectivity index (χ2n) is 8.46. The highest BCUT2D eigenvalue weighted by atomic mass is 35.5. The summed E-state index contributed by atoms with van der Waals surface area (Å²) in [6.45, 7) is 4.00. The molecule has 0 amide bonds. The van der Waals surface area contributed by atoms with Crippen molar-refractivity contribution < 1.29 is 9.15 Å². The number of benzene rings is 2. The topological polar surface area (TPSA) is 50.5 Å². The maximum atomic E-state index is 6.46. The molecule has 2 aromatic carbocycles. The molecule has 3 heterocycles. The summed E-state index contributed by atoms with van der Waals surface area (Å²) in [7, 11) is 0. The van der Waals surface area contributed by atoms with Crippen LogP contribution in [0.15, 0.2) is 83.4 Å². The quantitative estimate of drug-likeness (QED) is 0.262. The van der Waals surface area contributed by atoms with Gasteiger partial charge in [0.1, 0.15) is 23.3 Å². The van der Waals surface area contributed by atoms with Crippen LogP contribution < -0.4 is 15.0 Å². The van der Waals surface area contributed by atoms with Gasteiger partial charge in [-0.1, -0.05) is 35.3 Å². The molecule has 1 N–H and O–H groups in total. The van der Waals surface area contributed by atoms with Crippen molar-refractivity contribution in [3.05, 3.63) is 100 Å². The van der Waals surface area contributed by atoms with Crippen molar-refractivity contribution in [2.75, 3.05) is 4.90 Å². The van der Waals surface area contributed by atoms with Crippen LogP contribution in [0.3, 0.4) is 0 Å². The minimum absolute atomic E-state index is 0.0940. The Balaban J connectivity index is 1.56. The fourth-order valence-corrected chi connectivity index (χ4v) is 4.97. The molecule has 4 aromatic rings. The smallest absolute Gasteiger partial charge is 0.174 e. The third-order valence-electron chi connectivity index (χ3n) is 5.72. The van der Waals surface area contributed by atoms with Gasteiger partial charge < -0.3 is 19.4 Å². The Labute approximate surface area is 219 Å². The number of aromatic nitrogens is 1. The SMILES string of the molecule is CC(C)Oc1ccc(N2C(=S)N[C@@H](c3ccccn3)[C@H]2c2ccc(-c3cccc(Cl)c3Cl)o2)cc1. The monoisotopic (exact) mass is 523 g/mol. The van der Waals surface area contributed by atoms with E-state index in [9.17, 15) is 0 Å². The third kappa shape index (κ3) is 4.74. The lowest BCUT2D eigenvalue weighted by Crippen LogP contribution is -2.29. The number of hydrogen-bond donors (Lipinski definition) is 1. The van der Waals surface area contributed by atoms with E-state index < -0.39 is 0 Å². The fourth-order valence-electron chi connectivity index (χ4n) is 4.23. The number of thiocarbonyl (C=S) groups is 1. The summed E-state index contributed by atoms with van der Waals surface area (Å²) in [4.78, 5) is 6.64. The van der Waals surface area contributed by atoms with E-state index in [0.717, 1.165) is 28.5 Å². The van der Waals surface area contributed by atoms with E-state index in [1.807, 2.05) is 80.6 Å². The molecular weight excluding hydrogens is 501 g/mol. The molecule has 0 aliphatic carbocycles. The van der Waals surface area contributed by atoms with Crippen molar-refractivity contribution in [3.8, 4) is 17.1 Å². The first-order valence-electron chi connectivity index (χ1n) is 11.2. The largest absolute Gasteiger partial charge is 0.491 e. The van der Waals surface area contributed by atoms with Crippen LogP contribution in [0.1, 0.15) is 37.4 Å². The van der Waals surface area contributed by atoms with E-state index in [2.05, 4.69) is 15.2 Å². The molecule has 0 bridgehead atoms. The summed E-state index contributed by atoms with van der Waals surface area (Å²) in [6.07, 6.45) is 1.87. The van der Waals surface area contributed by atoms with Gasteiger partial charge in [-0.3, -0.25) is 4.98 Å². The van der Waals surface area contributed by atoms with Gasteiger partial charge in [-0.15, -0.1) is 0 Å². The van der Waals surface area contributed by atoms with Crippen molar-refractivity contribution in [2.24, 2.45) is 0 Å². The van der Waals surface area contributed by atoms with Crippen molar-refractivity contribution in [3.63, 3.8) is 0 Å². The van der Waals surface area contributed by atoms with Gasteiger partial charge in [-0.2, -0.15) is 0 Å². The van der Waals surface area contributed by atoms with Gasteiger partial charge in [0.05, 0.1) is 27.9 Å². The average Bonchev–Trinajstić information content (AvgIpc) is 3.46. The van der Waals surface area contributed by atoms with E-state index in [1.54, 1.807) is 12.3 Å². The van der Waals surface area contributed by atoms with Crippen LogP contribution in [0.2, 0.25) is 10.0 Å². The molecule has 5 rings (SSSR count). The Morgan fingerprint density at radius 1 is 1.00 bits per heavy atom. The molecule has 1 aliphatic rings. The van der Waals surface area contributed by atoms with Crippen LogP contribution in [0, 0.1) is 0 Å². The molecule has 2 aromatic heterocycles. The number of pyridine rings is 1. The number of ether oxygens (including phenoxy) is 1. The van der Waals surface area contributed by atoms with E-state index in [-0.39, 0.29) is 18.2 Å². The number of rotatable bonds is 6. The lowest BCUT2D eigenvalue weighted by Gasteiger charge is -2.26. The molecule has 0 spiro atoms. The normalized spacial score (nSPS) is 17.6. The maximum Gasteiger partial charge on any atom is 0.174 e. The molecule has 0 unspecified atom stereocenters. The zero-order valence-corrected chi connectivity index (χ0v) is 21.4. The number of anilines is 1. The van der Waals surface area contributed by atoms with Gasteiger partial charge in [0, 0.05) is 17.4 Å². The Morgan fingerprint density at radius 2 is 1.80 bits per heavy atom. The Hall–Kier alpha value is -3.06. The van der Waals surface area contributed by atoms with Gasteiger partial charge in [-0.25, -0.2) is 0 Å². The summed E-state index contributed by atoms with van der Waals surface area (Å²) in [5.74, 6) is 2.16. The molecule has 1 saturated heterocycles. The molecule has 5 nitrogen and oxygen atoms in total. The molecule has 0 saturated carbocycles. The molecule has 2 atom stereocenters. The fraction of sp³-hybridized carbons (Fsp3) is 0.185. The molecule has 178 valence electrons. The molecule has 35 heavy (non-hydrogen) atoms. The number of hydrogen-bond acceptors (Lipinski definition) is 4. The predicted molar refractivity (Wildman–Crippen MR) is 144 cm³/mol. The number of nitrogens with one attached hydrogen (secondary N) is 1. The van der Waals surface area contributed by atoms with E-state index in [1.165, 1.54) is 0 Å². The number of nitrogens with zero attached hydrogens (tertiary/aromatic N) is 2. The highest BCUT2D eigenvalue weighted by Gasteiger charge is 2.42. The van der Waals surface area contributed by atoms with Gasteiger partial charge in [0.2, 0.25) is 0 Å². The predicted octanol–water partition coefficient (Wildman–Crippen LogP) is 7.61. The maximum absolute atomic E-state index is 6.46. The molecule has 0 radical (unpaired) electrons. The zero-order valence-electron chi connectivity index (χ0n) is 19.1. The summed E-state index contributed by atoms with van der Waals surface area (Å²) >= 11 is 18.5. The van der Waals surface area contributed by atoms with E-state index in [0.29, 0.717) is 20.9 Å². The standard InChI is InChI=1S/C27H23Cl2N3O2S/c1-16(2)33-18-11-9-17(10-12-18)32-26(25(31-27(32)35)21-8-3-4-15-30-21)23-14-13-22(34-23)19-6-5-7-20(28)24(19)29/h3-16,25-26H,1-2H3,(H,31,35)/t25-,26+/m0/s1.